The van der Waals surface area contributed by atoms with Crippen LogP contribution in [0.3, 0.4) is 0 Å². The topological polar surface area (TPSA) is 64.6 Å². The maximum atomic E-state index is 12.9. The van der Waals surface area contributed by atoms with Crippen LogP contribution in [0.15, 0.2) is 72.1 Å². The number of ether oxygens (including phenoxy) is 1. The van der Waals surface area contributed by atoms with Gasteiger partial charge >= 0.3 is 10.1 Å². The summed E-state index contributed by atoms with van der Waals surface area (Å²) in [5, 5.41) is 3.86. The van der Waals surface area contributed by atoms with Crippen LogP contribution in [-0.4, -0.2) is 15.0 Å². The Morgan fingerprint density at radius 3 is 2.39 bits per heavy atom. The van der Waals surface area contributed by atoms with E-state index in [0.717, 1.165) is 11.3 Å². The monoisotopic (exact) mass is 485 g/mol. The molecule has 0 aliphatic heterocycles. The molecule has 0 fully saturated rings. The number of aryl methyl sites for hydroxylation is 2. The van der Waals surface area contributed by atoms with E-state index >= 15 is 0 Å². The van der Waals surface area contributed by atoms with E-state index in [1.165, 1.54) is 35.4 Å². The van der Waals surface area contributed by atoms with E-state index in [4.69, 9.17) is 20.5 Å². The summed E-state index contributed by atoms with van der Waals surface area (Å²) >= 11 is 5.89. The number of rotatable bonds is 10. The van der Waals surface area contributed by atoms with Crippen LogP contribution in [0.2, 0.25) is 5.02 Å². The zero-order valence-corrected chi connectivity index (χ0v) is 20.6. The van der Waals surface area contributed by atoms with Crippen LogP contribution in [0.5, 0.6) is 11.5 Å². The predicted octanol–water partition coefficient (Wildman–Crippen LogP) is 6.46. The molecule has 0 saturated carbocycles. The van der Waals surface area contributed by atoms with Crippen molar-refractivity contribution in [1.29, 1.82) is 0 Å². The van der Waals surface area contributed by atoms with Gasteiger partial charge in [0.05, 0.1) is 6.61 Å². The molecule has 0 heterocycles. The summed E-state index contributed by atoms with van der Waals surface area (Å²) in [5.74, 6) is 0.535. The summed E-state index contributed by atoms with van der Waals surface area (Å²) in [6, 6.07) is 15.8. The maximum absolute atomic E-state index is 12.9. The van der Waals surface area contributed by atoms with Gasteiger partial charge in [-0.15, -0.1) is 6.58 Å². The lowest BCUT2D eigenvalue weighted by Gasteiger charge is -2.18. The minimum absolute atomic E-state index is 0.0133. The zero-order chi connectivity index (χ0) is 24.0. The minimum atomic E-state index is -4.08. The van der Waals surface area contributed by atoms with E-state index in [1.54, 1.807) is 12.1 Å². The predicted molar refractivity (Wildman–Crippen MR) is 134 cm³/mol. The summed E-state index contributed by atoms with van der Waals surface area (Å²) in [6.45, 7) is 10.7. The van der Waals surface area contributed by atoms with E-state index in [0.29, 0.717) is 35.9 Å². The number of anilines is 1. The van der Waals surface area contributed by atoms with Crippen molar-refractivity contribution in [1.82, 2.24) is 0 Å². The SMILES string of the molecule is C=CCc1cc(CNc2ccc(C)c(C)c2)cc(OCC)c1OS(=O)(=O)c1ccc(Cl)cc1. The van der Waals surface area contributed by atoms with Crippen molar-refractivity contribution >= 4 is 27.4 Å². The highest BCUT2D eigenvalue weighted by atomic mass is 35.5. The second-order valence-corrected chi connectivity index (χ2v) is 9.63. The maximum Gasteiger partial charge on any atom is 0.339 e. The van der Waals surface area contributed by atoms with Crippen molar-refractivity contribution in [2.24, 2.45) is 0 Å². The van der Waals surface area contributed by atoms with Gasteiger partial charge in [0.2, 0.25) is 0 Å². The number of benzene rings is 3. The molecule has 33 heavy (non-hydrogen) atoms. The van der Waals surface area contributed by atoms with Crippen LogP contribution in [-0.2, 0) is 23.1 Å². The second kappa shape index (κ2) is 10.8. The first-order chi connectivity index (χ1) is 15.7. The van der Waals surface area contributed by atoms with Gasteiger partial charge < -0.3 is 14.2 Å². The van der Waals surface area contributed by atoms with Crippen molar-refractivity contribution in [2.45, 2.75) is 38.6 Å². The van der Waals surface area contributed by atoms with Crippen LogP contribution in [0, 0.1) is 13.8 Å². The molecule has 0 aliphatic carbocycles. The first kappa shape index (κ1) is 24.7. The van der Waals surface area contributed by atoms with E-state index in [2.05, 4.69) is 37.9 Å². The average Bonchev–Trinajstić information content (AvgIpc) is 2.77. The van der Waals surface area contributed by atoms with Crippen LogP contribution >= 0.6 is 11.6 Å². The van der Waals surface area contributed by atoms with Crippen LogP contribution in [0.4, 0.5) is 5.69 Å². The normalized spacial score (nSPS) is 11.2. The molecule has 0 atom stereocenters. The third kappa shape index (κ3) is 6.30. The Balaban J connectivity index is 1.94. The summed E-state index contributed by atoms with van der Waals surface area (Å²) in [7, 11) is -4.08. The van der Waals surface area contributed by atoms with Crippen molar-refractivity contribution < 1.29 is 17.3 Å². The van der Waals surface area contributed by atoms with Crippen LogP contribution in [0.25, 0.3) is 0 Å². The van der Waals surface area contributed by atoms with Gasteiger partial charge in [0.25, 0.3) is 0 Å². The fourth-order valence-corrected chi connectivity index (χ4v) is 4.40. The Kier molecular flexibility index (Phi) is 8.06. The van der Waals surface area contributed by atoms with Gasteiger partial charge in [0, 0.05) is 22.8 Å². The Bertz CT molecular complexity index is 1240. The fraction of sp³-hybridized carbons (Fsp3) is 0.231. The molecule has 7 heteroatoms. The summed E-state index contributed by atoms with van der Waals surface area (Å²) < 4.78 is 37.2. The molecule has 0 saturated heterocycles. The molecule has 0 aliphatic rings. The molecular formula is C26H28ClNO4S. The molecule has 0 radical (unpaired) electrons. The Morgan fingerprint density at radius 2 is 1.76 bits per heavy atom. The van der Waals surface area contributed by atoms with Gasteiger partial charge in [-0.05, 0) is 92.4 Å². The molecule has 3 rings (SSSR count). The van der Waals surface area contributed by atoms with Gasteiger partial charge in [-0.25, -0.2) is 0 Å². The lowest BCUT2D eigenvalue weighted by atomic mass is 10.1. The second-order valence-electron chi connectivity index (χ2n) is 7.65. The van der Waals surface area contributed by atoms with Crippen molar-refractivity contribution in [3.05, 3.63) is 94.5 Å². The first-order valence-corrected chi connectivity index (χ1v) is 12.4. The van der Waals surface area contributed by atoms with Gasteiger partial charge in [0.15, 0.2) is 11.5 Å². The third-order valence-corrected chi connectivity index (χ3v) is 6.64. The highest BCUT2D eigenvalue weighted by Gasteiger charge is 2.22. The zero-order valence-electron chi connectivity index (χ0n) is 19.0. The summed E-state index contributed by atoms with van der Waals surface area (Å²) in [4.78, 5) is 0.0133. The van der Waals surface area contributed by atoms with Crippen molar-refractivity contribution in [3.8, 4) is 11.5 Å². The minimum Gasteiger partial charge on any atom is -0.490 e. The summed E-state index contributed by atoms with van der Waals surface area (Å²) in [6.07, 6.45) is 2.12. The molecule has 5 nitrogen and oxygen atoms in total. The van der Waals surface area contributed by atoms with Gasteiger partial charge in [-0.3, -0.25) is 0 Å². The van der Waals surface area contributed by atoms with E-state index in [9.17, 15) is 8.42 Å². The quantitative estimate of drug-likeness (QED) is 0.263. The number of nitrogens with one attached hydrogen (secondary N) is 1. The fourth-order valence-electron chi connectivity index (χ4n) is 3.30. The number of hydrogen-bond donors (Lipinski definition) is 1. The molecule has 174 valence electrons. The van der Waals surface area contributed by atoms with Gasteiger partial charge in [-0.2, -0.15) is 8.42 Å². The van der Waals surface area contributed by atoms with E-state index in [-0.39, 0.29) is 10.6 Å². The lowest BCUT2D eigenvalue weighted by Crippen LogP contribution is -2.13. The highest BCUT2D eigenvalue weighted by molar-refractivity contribution is 7.87. The third-order valence-electron chi connectivity index (χ3n) is 5.15. The number of halogens is 1. The molecule has 1 N–H and O–H groups in total. The smallest absolute Gasteiger partial charge is 0.339 e. The van der Waals surface area contributed by atoms with Gasteiger partial charge in [0.1, 0.15) is 4.90 Å². The first-order valence-electron chi connectivity index (χ1n) is 10.6. The van der Waals surface area contributed by atoms with Crippen LogP contribution < -0.4 is 14.2 Å². The molecule has 3 aromatic carbocycles. The molecular weight excluding hydrogens is 458 g/mol. The van der Waals surface area contributed by atoms with Gasteiger partial charge in [-0.1, -0.05) is 23.7 Å². The Morgan fingerprint density at radius 1 is 1.03 bits per heavy atom. The van der Waals surface area contributed by atoms with E-state index < -0.39 is 10.1 Å². The molecule has 0 bridgehead atoms. The average molecular weight is 486 g/mol. The summed E-state index contributed by atoms with van der Waals surface area (Å²) in [5.41, 5.74) is 5.05. The highest BCUT2D eigenvalue weighted by Crippen LogP contribution is 2.36. The molecule has 0 aromatic heterocycles. The van der Waals surface area contributed by atoms with Crippen LogP contribution in [0.1, 0.15) is 29.2 Å². The van der Waals surface area contributed by atoms with Crippen molar-refractivity contribution in [2.75, 3.05) is 11.9 Å². The number of hydrogen-bond acceptors (Lipinski definition) is 5. The molecule has 3 aromatic rings. The number of allylic oxidation sites excluding steroid dienone is 1. The lowest BCUT2D eigenvalue weighted by molar-refractivity contribution is 0.326. The Hall–Kier alpha value is -2.96. The molecule has 0 amide bonds. The standard InChI is InChI=1S/C26H28ClNO4S/c1-5-7-21-15-20(17-28-23-11-8-18(3)19(4)14-23)16-25(31-6-2)26(21)32-33(29,30)24-12-9-22(27)10-13-24/h5,8-16,28H,1,6-7,17H2,2-4H3. The molecule has 0 unspecified atom stereocenters. The largest absolute Gasteiger partial charge is 0.490 e. The van der Waals surface area contributed by atoms with Crippen molar-refractivity contribution in [3.63, 3.8) is 0 Å². The van der Waals surface area contributed by atoms with E-state index in [1.807, 2.05) is 19.1 Å². The molecule has 0 spiro atoms. The Labute approximate surface area is 201 Å².